The van der Waals surface area contributed by atoms with Gasteiger partial charge in [0.15, 0.2) is 0 Å². The lowest BCUT2D eigenvalue weighted by Crippen LogP contribution is -2.22. The summed E-state index contributed by atoms with van der Waals surface area (Å²) in [5, 5.41) is 27.2. The third kappa shape index (κ3) is 3.87. The summed E-state index contributed by atoms with van der Waals surface area (Å²) in [7, 11) is 0. The summed E-state index contributed by atoms with van der Waals surface area (Å²) < 4.78 is 0. The Morgan fingerprint density at radius 3 is 2.21 bits per heavy atom. The van der Waals surface area contributed by atoms with Crippen molar-refractivity contribution < 1.29 is 15.3 Å². The van der Waals surface area contributed by atoms with Crippen molar-refractivity contribution in [2.24, 2.45) is 0 Å². The highest BCUT2D eigenvalue weighted by Crippen LogP contribution is 2.07. The van der Waals surface area contributed by atoms with Crippen LogP contribution in [0.2, 0.25) is 0 Å². The smallest absolute Gasteiger partial charge is 0.0795 e. The topological polar surface area (TPSA) is 60.7 Å². The van der Waals surface area contributed by atoms with E-state index in [1.165, 1.54) is 0 Å². The van der Waals surface area contributed by atoms with Gasteiger partial charge in [-0.25, -0.2) is 0 Å². The van der Waals surface area contributed by atoms with Crippen LogP contribution in [-0.4, -0.2) is 34.1 Å². The van der Waals surface area contributed by atoms with Gasteiger partial charge in [-0.2, -0.15) is 0 Å². The van der Waals surface area contributed by atoms with E-state index >= 15 is 0 Å². The second kappa shape index (κ2) is 5.75. The predicted molar refractivity (Wildman–Crippen MR) is 53.9 cm³/mol. The molecule has 0 aliphatic heterocycles. The van der Waals surface area contributed by atoms with Gasteiger partial charge in [0.2, 0.25) is 0 Å². The van der Waals surface area contributed by atoms with E-state index in [4.69, 9.17) is 10.2 Å². The molecule has 0 radical (unpaired) electrons. The van der Waals surface area contributed by atoms with Crippen molar-refractivity contribution in [3.63, 3.8) is 0 Å². The summed E-state index contributed by atoms with van der Waals surface area (Å²) in [6, 6.07) is 9.58. The molecular weight excluding hydrogens is 180 g/mol. The molecular formula is C11H16O3. The lowest BCUT2D eigenvalue weighted by molar-refractivity contribution is 0.0420. The van der Waals surface area contributed by atoms with Crippen LogP contribution < -0.4 is 0 Å². The Kier molecular flexibility index (Phi) is 4.59. The van der Waals surface area contributed by atoms with Gasteiger partial charge in [0.05, 0.1) is 18.8 Å². The number of aliphatic hydroxyl groups is 3. The highest BCUT2D eigenvalue weighted by molar-refractivity contribution is 5.15. The zero-order chi connectivity index (χ0) is 10.4. The van der Waals surface area contributed by atoms with Crippen molar-refractivity contribution in [2.45, 2.75) is 25.0 Å². The summed E-state index contributed by atoms with van der Waals surface area (Å²) in [5.74, 6) is 0. The molecule has 78 valence electrons. The van der Waals surface area contributed by atoms with Crippen LogP contribution in [0.15, 0.2) is 30.3 Å². The van der Waals surface area contributed by atoms with E-state index in [-0.39, 0.29) is 13.0 Å². The molecule has 3 nitrogen and oxygen atoms in total. The van der Waals surface area contributed by atoms with Crippen LogP contribution in [0.4, 0.5) is 0 Å². The SMILES string of the molecule is OCC(O)C[C@H](O)Cc1ccccc1. The fourth-order valence-electron chi connectivity index (χ4n) is 1.36. The van der Waals surface area contributed by atoms with E-state index in [1.807, 2.05) is 30.3 Å². The van der Waals surface area contributed by atoms with Gasteiger partial charge in [-0.1, -0.05) is 30.3 Å². The summed E-state index contributed by atoms with van der Waals surface area (Å²) in [6.07, 6.45) is -0.697. The first-order valence-electron chi connectivity index (χ1n) is 4.73. The van der Waals surface area contributed by atoms with Crippen molar-refractivity contribution in [3.05, 3.63) is 35.9 Å². The quantitative estimate of drug-likeness (QED) is 0.636. The van der Waals surface area contributed by atoms with Gasteiger partial charge in [0, 0.05) is 6.42 Å². The molecule has 1 unspecified atom stereocenters. The van der Waals surface area contributed by atoms with Crippen molar-refractivity contribution in [1.29, 1.82) is 0 Å². The molecule has 1 aromatic carbocycles. The third-order valence-electron chi connectivity index (χ3n) is 2.07. The third-order valence-corrected chi connectivity index (χ3v) is 2.07. The molecule has 3 heteroatoms. The first kappa shape index (κ1) is 11.2. The van der Waals surface area contributed by atoms with E-state index in [0.29, 0.717) is 6.42 Å². The number of hydrogen-bond donors (Lipinski definition) is 3. The van der Waals surface area contributed by atoms with Crippen LogP contribution in [0.1, 0.15) is 12.0 Å². The second-order valence-electron chi connectivity index (χ2n) is 3.42. The molecule has 3 N–H and O–H groups in total. The normalized spacial score (nSPS) is 15.1. The maximum Gasteiger partial charge on any atom is 0.0795 e. The van der Waals surface area contributed by atoms with Gasteiger partial charge in [-0.05, 0) is 12.0 Å². The first-order chi connectivity index (χ1) is 6.72. The molecule has 0 aliphatic carbocycles. The summed E-state index contributed by atoms with van der Waals surface area (Å²) >= 11 is 0. The molecule has 0 bridgehead atoms. The molecule has 14 heavy (non-hydrogen) atoms. The standard InChI is InChI=1S/C11H16O3/c12-8-11(14)7-10(13)6-9-4-2-1-3-5-9/h1-5,10-14H,6-8H2/t10-,11?/m1/s1. The molecule has 0 amide bonds. The van der Waals surface area contributed by atoms with Crippen molar-refractivity contribution in [2.75, 3.05) is 6.61 Å². The lowest BCUT2D eigenvalue weighted by atomic mass is 10.0. The zero-order valence-corrected chi connectivity index (χ0v) is 8.00. The summed E-state index contributed by atoms with van der Waals surface area (Å²) in [4.78, 5) is 0. The largest absolute Gasteiger partial charge is 0.394 e. The Labute approximate surface area is 83.6 Å². The van der Waals surface area contributed by atoms with Crippen molar-refractivity contribution in [1.82, 2.24) is 0 Å². The van der Waals surface area contributed by atoms with Crippen LogP contribution in [0.3, 0.4) is 0 Å². The van der Waals surface area contributed by atoms with Crippen LogP contribution in [-0.2, 0) is 6.42 Å². The van der Waals surface area contributed by atoms with Crippen LogP contribution in [0.25, 0.3) is 0 Å². The molecule has 0 saturated carbocycles. The van der Waals surface area contributed by atoms with E-state index in [0.717, 1.165) is 5.56 Å². The fraction of sp³-hybridized carbons (Fsp3) is 0.455. The number of aliphatic hydroxyl groups excluding tert-OH is 3. The minimum absolute atomic E-state index is 0.214. The summed E-state index contributed by atoms with van der Waals surface area (Å²) in [6.45, 7) is -0.300. The van der Waals surface area contributed by atoms with Gasteiger partial charge in [0.25, 0.3) is 0 Å². The number of hydrogen-bond acceptors (Lipinski definition) is 3. The van der Waals surface area contributed by atoms with Gasteiger partial charge < -0.3 is 15.3 Å². The molecule has 2 atom stereocenters. The van der Waals surface area contributed by atoms with Gasteiger partial charge in [-0.15, -0.1) is 0 Å². The Bertz CT molecular complexity index is 248. The van der Waals surface area contributed by atoms with Crippen LogP contribution in [0.5, 0.6) is 0 Å². The van der Waals surface area contributed by atoms with Gasteiger partial charge in [0.1, 0.15) is 0 Å². The van der Waals surface area contributed by atoms with Crippen molar-refractivity contribution in [3.8, 4) is 0 Å². The Morgan fingerprint density at radius 1 is 1.00 bits per heavy atom. The molecule has 0 fully saturated rings. The molecule has 0 heterocycles. The Hall–Kier alpha value is -0.900. The van der Waals surface area contributed by atoms with E-state index in [2.05, 4.69) is 0 Å². The summed E-state index contributed by atoms with van der Waals surface area (Å²) in [5.41, 5.74) is 1.03. The van der Waals surface area contributed by atoms with Crippen LogP contribution in [0, 0.1) is 0 Å². The van der Waals surface area contributed by atoms with Gasteiger partial charge >= 0.3 is 0 Å². The van der Waals surface area contributed by atoms with E-state index < -0.39 is 12.2 Å². The Balaban J connectivity index is 2.37. The Morgan fingerprint density at radius 2 is 1.64 bits per heavy atom. The van der Waals surface area contributed by atoms with E-state index in [9.17, 15) is 5.11 Å². The second-order valence-corrected chi connectivity index (χ2v) is 3.42. The molecule has 0 saturated heterocycles. The van der Waals surface area contributed by atoms with Crippen molar-refractivity contribution >= 4 is 0 Å². The monoisotopic (exact) mass is 196 g/mol. The first-order valence-corrected chi connectivity index (χ1v) is 4.73. The maximum absolute atomic E-state index is 9.53. The molecule has 1 rings (SSSR count). The molecule has 0 spiro atoms. The van der Waals surface area contributed by atoms with Gasteiger partial charge in [-0.3, -0.25) is 0 Å². The highest BCUT2D eigenvalue weighted by atomic mass is 16.3. The average molecular weight is 196 g/mol. The van der Waals surface area contributed by atoms with Crippen LogP contribution >= 0.6 is 0 Å². The zero-order valence-electron chi connectivity index (χ0n) is 8.00. The van der Waals surface area contributed by atoms with E-state index in [1.54, 1.807) is 0 Å². The molecule has 1 aromatic rings. The minimum atomic E-state index is -0.825. The number of benzene rings is 1. The number of rotatable bonds is 5. The minimum Gasteiger partial charge on any atom is -0.394 e. The highest BCUT2D eigenvalue weighted by Gasteiger charge is 2.11. The predicted octanol–water partition coefficient (Wildman–Crippen LogP) is 0.333. The maximum atomic E-state index is 9.53. The lowest BCUT2D eigenvalue weighted by Gasteiger charge is -2.13. The molecule has 0 aromatic heterocycles. The molecule has 0 aliphatic rings. The average Bonchev–Trinajstić information content (AvgIpc) is 2.19. The fourth-order valence-corrected chi connectivity index (χ4v) is 1.36.